The average Bonchev–Trinajstić information content (AvgIpc) is 2.69. The van der Waals surface area contributed by atoms with E-state index in [4.69, 9.17) is 9.52 Å². The van der Waals surface area contributed by atoms with Crippen molar-refractivity contribution >= 4 is 28.9 Å². The van der Waals surface area contributed by atoms with Gasteiger partial charge < -0.3 is 14.8 Å². The van der Waals surface area contributed by atoms with Crippen LogP contribution in [0.3, 0.4) is 0 Å². The zero-order valence-electron chi connectivity index (χ0n) is 9.69. The van der Waals surface area contributed by atoms with Crippen LogP contribution in [0.5, 0.6) is 0 Å². The number of amides is 2. The summed E-state index contributed by atoms with van der Waals surface area (Å²) in [4.78, 5) is 22.1. The number of carboxylic acid groups (broad SMARTS) is 1. The maximum absolute atomic E-state index is 11.3. The molecule has 0 unspecified atom stereocenters. The van der Waals surface area contributed by atoms with E-state index in [9.17, 15) is 9.59 Å². The fraction of sp³-hybridized carbons (Fsp3) is 0.167. The molecule has 0 aliphatic rings. The average molecular weight is 248 g/mol. The molecule has 0 saturated heterocycles. The Bertz CT molecular complexity index is 603. The van der Waals surface area contributed by atoms with Crippen molar-refractivity contribution in [3.05, 3.63) is 29.8 Å². The zero-order chi connectivity index (χ0) is 13.1. The SMILES string of the molecule is CCNC(=O)Nc1cc2cc(C(=O)O)ccc2o1. The summed E-state index contributed by atoms with van der Waals surface area (Å²) in [5, 5.41) is 14.6. The number of nitrogens with one attached hydrogen (secondary N) is 2. The van der Waals surface area contributed by atoms with Gasteiger partial charge in [-0.2, -0.15) is 0 Å². The van der Waals surface area contributed by atoms with E-state index in [1.165, 1.54) is 12.1 Å². The second-order valence-electron chi connectivity index (χ2n) is 3.65. The number of aromatic carboxylic acids is 1. The molecule has 0 bridgehead atoms. The first-order chi connectivity index (χ1) is 8.60. The van der Waals surface area contributed by atoms with Crippen LogP contribution < -0.4 is 10.6 Å². The lowest BCUT2D eigenvalue weighted by atomic mass is 10.2. The van der Waals surface area contributed by atoms with E-state index in [1.54, 1.807) is 19.1 Å². The van der Waals surface area contributed by atoms with Gasteiger partial charge in [0, 0.05) is 18.0 Å². The van der Waals surface area contributed by atoms with Crippen LogP contribution in [0.15, 0.2) is 28.7 Å². The third-order valence-electron chi connectivity index (χ3n) is 2.34. The van der Waals surface area contributed by atoms with Crippen molar-refractivity contribution in [2.24, 2.45) is 0 Å². The van der Waals surface area contributed by atoms with Crippen molar-refractivity contribution in [1.29, 1.82) is 0 Å². The molecule has 0 spiro atoms. The fourth-order valence-corrected chi connectivity index (χ4v) is 1.55. The number of carbonyl (C=O) groups excluding carboxylic acids is 1. The molecule has 6 heteroatoms. The Morgan fingerprint density at radius 2 is 2.11 bits per heavy atom. The molecular weight excluding hydrogens is 236 g/mol. The second kappa shape index (κ2) is 4.79. The largest absolute Gasteiger partial charge is 0.478 e. The number of carboxylic acids is 1. The maximum Gasteiger partial charge on any atom is 0.335 e. The molecule has 1 heterocycles. The third kappa shape index (κ3) is 2.42. The molecule has 2 aromatic rings. The van der Waals surface area contributed by atoms with Gasteiger partial charge in [-0.1, -0.05) is 0 Å². The maximum atomic E-state index is 11.3. The minimum absolute atomic E-state index is 0.174. The van der Waals surface area contributed by atoms with Gasteiger partial charge in [-0.15, -0.1) is 0 Å². The summed E-state index contributed by atoms with van der Waals surface area (Å²) in [7, 11) is 0. The van der Waals surface area contributed by atoms with E-state index >= 15 is 0 Å². The zero-order valence-corrected chi connectivity index (χ0v) is 9.69. The molecule has 1 aromatic heterocycles. The van der Waals surface area contributed by atoms with Crippen molar-refractivity contribution in [2.75, 3.05) is 11.9 Å². The Kier molecular flexibility index (Phi) is 3.18. The van der Waals surface area contributed by atoms with Gasteiger partial charge in [0.2, 0.25) is 5.88 Å². The molecule has 0 radical (unpaired) electrons. The van der Waals surface area contributed by atoms with Crippen LogP contribution in [-0.2, 0) is 0 Å². The predicted octanol–water partition coefficient (Wildman–Crippen LogP) is 2.27. The van der Waals surface area contributed by atoms with E-state index in [2.05, 4.69) is 10.6 Å². The second-order valence-corrected chi connectivity index (χ2v) is 3.65. The predicted molar refractivity (Wildman–Crippen MR) is 65.9 cm³/mol. The molecule has 0 atom stereocenters. The molecule has 2 amide bonds. The number of benzene rings is 1. The van der Waals surface area contributed by atoms with Crippen molar-refractivity contribution in [3.63, 3.8) is 0 Å². The molecule has 0 saturated carbocycles. The number of anilines is 1. The smallest absolute Gasteiger partial charge is 0.335 e. The van der Waals surface area contributed by atoms with Crippen LogP contribution >= 0.6 is 0 Å². The highest BCUT2D eigenvalue weighted by Gasteiger charge is 2.09. The molecule has 0 aliphatic carbocycles. The van der Waals surface area contributed by atoms with Crippen molar-refractivity contribution in [2.45, 2.75) is 6.92 Å². The Hall–Kier alpha value is -2.50. The lowest BCUT2D eigenvalue weighted by Gasteiger charge is -2.00. The number of carbonyl (C=O) groups is 2. The Morgan fingerprint density at radius 3 is 2.78 bits per heavy atom. The summed E-state index contributed by atoms with van der Waals surface area (Å²) in [6.07, 6.45) is 0. The summed E-state index contributed by atoms with van der Waals surface area (Å²) in [5.41, 5.74) is 0.694. The Balaban J connectivity index is 2.27. The molecule has 1 aromatic carbocycles. The third-order valence-corrected chi connectivity index (χ3v) is 2.34. The highest BCUT2D eigenvalue weighted by molar-refractivity contribution is 5.95. The monoisotopic (exact) mass is 248 g/mol. The molecule has 0 aliphatic heterocycles. The van der Waals surface area contributed by atoms with Gasteiger partial charge >= 0.3 is 12.0 Å². The van der Waals surface area contributed by atoms with Gasteiger partial charge in [-0.25, -0.2) is 9.59 Å². The Labute approximate surface area is 103 Å². The van der Waals surface area contributed by atoms with Gasteiger partial charge in [0.25, 0.3) is 0 Å². The van der Waals surface area contributed by atoms with Crippen molar-refractivity contribution in [1.82, 2.24) is 5.32 Å². The number of hydrogen-bond acceptors (Lipinski definition) is 3. The molecule has 3 N–H and O–H groups in total. The molecule has 2 rings (SSSR count). The van der Waals surface area contributed by atoms with Crippen LogP contribution in [-0.4, -0.2) is 23.7 Å². The lowest BCUT2D eigenvalue weighted by Crippen LogP contribution is -2.27. The van der Waals surface area contributed by atoms with Crippen molar-refractivity contribution < 1.29 is 19.1 Å². The summed E-state index contributed by atoms with van der Waals surface area (Å²) >= 11 is 0. The molecule has 0 fully saturated rings. The first-order valence-electron chi connectivity index (χ1n) is 5.42. The molecular formula is C12H12N2O4. The van der Waals surface area contributed by atoms with Crippen LogP contribution in [0.1, 0.15) is 17.3 Å². The van der Waals surface area contributed by atoms with Crippen LogP contribution in [0.2, 0.25) is 0 Å². The lowest BCUT2D eigenvalue weighted by molar-refractivity contribution is 0.0697. The van der Waals surface area contributed by atoms with Gasteiger partial charge in [0.1, 0.15) is 5.58 Å². The van der Waals surface area contributed by atoms with Gasteiger partial charge in [0.15, 0.2) is 0 Å². The number of urea groups is 1. The summed E-state index contributed by atoms with van der Waals surface area (Å²) in [5.74, 6) is -0.727. The normalized spacial score (nSPS) is 10.3. The molecule has 94 valence electrons. The standard InChI is InChI=1S/C12H12N2O4/c1-2-13-12(17)14-10-6-8-5-7(11(15)16)3-4-9(8)18-10/h3-6H,2H2,1H3,(H,15,16)(H2,13,14,17). The minimum Gasteiger partial charge on any atom is -0.478 e. The number of furan rings is 1. The van der Waals surface area contributed by atoms with E-state index < -0.39 is 5.97 Å². The topological polar surface area (TPSA) is 91.6 Å². The van der Waals surface area contributed by atoms with E-state index in [0.29, 0.717) is 17.5 Å². The Morgan fingerprint density at radius 1 is 1.33 bits per heavy atom. The molecule has 6 nitrogen and oxygen atoms in total. The summed E-state index contributed by atoms with van der Waals surface area (Å²) < 4.78 is 5.35. The van der Waals surface area contributed by atoms with E-state index in [-0.39, 0.29) is 17.5 Å². The number of hydrogen-bond donors (Lipinski definition) is 3. The van der Waals surface area contributed by atoms with Gasteiger partial charge in [0.05, 0.1) is 5.56 Å². The quantitative estimate of drug-likeness (QED) is 0.777. The molecule has 18 heavy (non-hydrogen) atoms. The fourth-order valence-electron chi connectivity index (χ4n) is 1.55. The first kappa shape index (κ1) is 12.0. The number of fused-ring (bicyclic) bond motifs is 1. The van der Waals surface area contributed by atoms with Gasteiger partial charge in [-0.05, 0) is 25.1 Å². The van der Waals surface area contributed by atoms with Crippen LogP contribution in [0.4, 0.5) is 10.7 Å². The highest BCUT2D eigenvalue weighted by Crippen LogP contribution is 2.24. The number of rotatable bonds is 3. The van der Waals surface area contributed by atoms with Crippen molar-refractivity contribution in [3.8, 4) is 0 Å². The van der Waals surface area contributed by atoms with E-state index in [1.807, 2.05) is 0 Å². The summed E-state index contributed by atoms with van der Waals surface area (Å²) in [6, 6.07) is 5.71. The minimum atomic E-state index is -1.00. The van der Waals surface area contributed by atoms with Gasteiger partial charge in [-0.3, -0.25) is 5.32 Å². The van der Waals surface area contributed by atoms with E-state index in [0.717, 1.165) is 0 Å². The van der Waals surface area contributed by atoms with Crippen LogP contribution in [0, 0.1) is 0 Å². The van der Waals surface area contributed by atoms with Crippen LogP contribution in [0.25, 0.3) is 11.0 Å². The highest BCUT2D eigenvalue weighted by atomic mass is 16.4. The summed E-state index contributed by atoms with van der Waals surface area (Å²) in [6.45, 7) is 2.31. The first-order valence-corrected chi connectivity index (χ1v) is 5.42.